The van der Waals surface area contributed by atoms with E-state index >= 15 is 0 Å². The third kappa shape index (κ3) is 3.10. The Kier molecular flexibility index (Phi) is 3.74. The molecule has 2 N–H and O–H groups in total. The largest absolute Gasteiger partial charge is 0.508 e. The first-order valence-electron chi connectivity index (χ1n) is 8.97. The van der Waals surface area contributed by atoms with Gasteiger partial charge in [-0.3, -0.25) is 9.59 Å². The summed E-state index contributed by atoms with van der Waals surface area (Å²) < 4.78 is 13.7. The van der Waals surface area contributed by atoms with Crippen LogP contribution in [-0.2, 0) is 4.79 Å². The van der Waals surface area contributed by atoms with E-state index in [0.29, 0.717) is 18.4 Å². The summed E-state index contributed by atoms with van der Waals surface area (Å²) in [5, 5.41) is 12.2. The Balaban J connectivity index is 1.27. The first kappa shape index (κ1) is 16.4. The second-order valence-corrected chi connectivity index (χ2v) is 7.92. The Hall–Kier alpha value is -2.11. The lowest BCUT2D eigenvalue weighted by atomic mass is 9.67. The van der Waals surface area contributed by atoms with E-state index in [9.17, 15) is 19.1 Å². The van der Waals surface area contributed by atoms with Crippen LogP contribution in [0, 0.1) is 5.41 Å². The van der Waals surface area contributed by atoms with Crippen LogP contribution in [0.5, 0.6) is 5.75 Å². The zero-order valence-corrected chi connectivity index (χ0v) is 14.1. The molecule has 25 heavy (non-hydrogen) atoms. The van der Waals surface area contributed by atoms with Crippen molar-refractivity contribution in [2.24, 2.45) is 5.41 Å². The first-order valence-corrected chi connectivity index (χ1v) is 8.97. The van der Waals surface area contributed by atoms with Crippen LogP contribution in [0.3, 0.4) is 0 Å². The molecule has 5 nitrogen and oxygen atoms in total. The van der Waals surface area contributed by atoms with Gasteiger partial charge in [-0.05, 0) is 62.8 Å². The van der Waals surface area contributed by atoms with E-state index in [2.05, 4.69) is 5.32 Å². The number of phenolic OH excluding ortho intramolecular Hbond substituents is 1. The van der Waals surface area contributed by atoms with Crippen LogP contribution >= 0.6 is 0 Å². The van der Waals surface area contributed by atoms with Crippen LogP contribution < -0.4 is 5.32 Å². The average Bonchev–Trinajstić information content (AvgIpc) is 3.33. The third-order valence-electron chi connectivity index (χ3n) is 5.93. The molecular weight excluding hydrogens is 323 g/mol. The number of likely N-dealkylation sites (tertiary alicyclic amines) is 1. The summed E-state index contributed by atoms with van der Waals surface area (Å²) in [6.45, 7) is 1.47. The molecule has 1 saturated heterocycles. The van der Waals surface area contributed by atoms with E-state index in [4.69, 9.17) is 0 Å². The van der Waals surface area contributed by atoms with Crippen molar-refractivity contribution in [1.82, 2.24) is 10.2 Å². The second kappa shape index (κ2) is 5.71. The predicted molar refractivity (Wildman–Crippen MR) is 89.9 cm³/mol. The summed E-state index contributed by atoms with van der Waals surface area (Å²) in [6.07, 6.45) is 4.31. The standard InChI is InChI=1S/C19H23FN2O3/c20-19(9-10-19)17(25)21-14-5-7-18(8-6-14)11-22(12-18)16(24)13-1-3-15(23)4-2-13/h1-4,14,23H,5-12H2,(H,21,25). The van der Waals surface area contributed by atoms with Gasteiger partial charge >= 0.3 is 0 Å². The number of benzene rings is 1. The number of alkyl halides is 1. The summed E-state index contributed by atoms with van der Waals surface area (Å²) in [6, 6.07) is 6.38. The average molecular weight is 346 g/mol. The summed E-state index contributed by atoms with van der Waals surface area (Å²) >= 11 is 0. The van der Waals surface area contributed by atoms with Gasteiger partial charge in [0.1, 0.15) is 5.75 Å². The van der Waals surface area contributed by atoms with Crippen molar-refractivity contribution >= 4 is 11.8 Å². The minimum absolute atomic E-state index is 0.00541. The summed E-state index contributed by atoms with van der Waals surface area (Å²) in [5.74, 6) is -0.293. The molecule has 2 amide bonds. The maximum Gasteiger partial charge on any atom is 0.257 e. The molecule has 1 spiro atoms. The molecule has 2 saturated carbocycles. The van der Waals surface area contributed by atoms with Crippen molar-refractivity contribution in [2.45, 2.75) is 50.2 Å². The Bertz CT molecular complexity index is 683. The maximum atomic E-state index is 13.7. The van der Waals surface area contributed by atoms with E-state index in [1.54, 1.807) is 12.1 Å². The zero-order valence-electron chi connectivity index (χ0n) is 14.1. The number of rotatable bonds is 3. The molecule has 1 heterocycles. The molecule has 6 heteroatoms. The normalized spacial score (nSPS) is 23.8. The zero-order chi connectivity index (χ0) is 17.7. The number of amides is 2. The van der Waals surface area contributed by atoms with E-state index in [1.165, 1.54) is 12.1 Å². The molecule has 134 valence electrons. The van der Waals surface area contributed by atoms with E-state index in [0.717, 1.165) is 38.8 Å². The van der Waals surface area contributed by atoms with E-state index in [1.807, 2.05) is 4.90 Å². The number of nitrogens with one attached hydrogen (secondary N) is 1. The number of nitrogens with zero attached hydrogens (tertiary/aromatic N) is 1. The van der Waals surface area contributed by atoms with Gasteiger partial charge in [0.2, 0.25) is 0 Å². The molecule has 1 aromatic rings. The summed E-state index contributed by atoms with van der Waals surface area (Å²) in [4.78, 5) is 26.1. The van der Waals surface area contributed by atoms with Crippen LogP contribution in [-0.4, -0.2) is 46.6 Å². The number of aromatic hydroxyl groups is 1. The summed E-state index contributed by atoms with van der Waals surface area (Å²) in [5.41, 5.74) is -0.856. The minimum atomic E-state index is -1.60. The number of halogens is 1. The van der Waals surface area contributed by atoms with Gasteiger partial charge in [-0.1, -0.05) is 0 Å². The number of hydrogen-bond acceptors (Lipinski definition) is 3. The molecule has 2 aliphatic carbocycles. The van der Waals surface area contributed by atoms with Crippen LogP contribution in [0.25, 0.3) is 0 Å². The van der Waals surface area contributed by atoms with Crippen molar-refractivity contribution in [1.29, 1.82) is 0 Å². The molecule has 0 unspecified atom stereocenters. The van der Waals surface area contributed by atoms with Gasteiger partial charge in [0.25, 0.3) is 11.8 Å². The second-order valence-electron chi connectivity index (χ2n) is 7.92. The molecule has 0 aromatic heterocycles. The lowest BCUT2D eigenvalue weighted by Gasteiger charge is -2.53. The van der Waals surface area contributed by atoms with Crippen molar-refractivity contribution in [3.63, 3.8) is 0 Å². The van der Waals surface area contributed by atoms with Gasteiger partial charge in [0.15, 0.2) is 5.67 Å². The third-order valence-corrected chi connectivity index (χ3v) is 5.93. The fraction of sp³-hybridized carbons (Fsp3) is 0.579. The quantitative estimate of drug-likeness (QED) is 0.883. The smallest absolute Gasteiger partial charge is 0.257 e. The Labute approximate surface area is 146 Å². The molecule has 3 fully saturated rings. The first-order chi connectivity index (χ1) is 11.9. The van der Waals surface area contributed by atoms with E-state index < -0.39 is 11.6 Å². The number of hydrogen-bond donors (Lipinski definition) is 2. The highest BCUT2D eigenvalue weighted by Gasteiger charge is 2.52. The highest BCUT2D eigenvalue weighted by atomic mass is 19.1. The molecule has 1 aromatic carbocycles. The Morgan fingerprint density at radius 2 is 1.68 bits per heavy atom. The SMILES string of the molecule is O=C(c1ccc(O)cc1)N1CC2(CCC(NC(=O)C3(F)CC3)CC2)C1. The van der Waals surface area contributed by atoms with Crippen LogP contribution in [0.4, 0.5) is 4.39 Å². The topological polar surface area (TPSA) is 69.6 Å². The molecule has 0 bridgehead atoms. The van der Waals surface area contributed by atoms with Gasteiger partial charge < -0.3 is 15.3 Å². The van der Waals surface area contributed by atoms with Gasteiger partial charge in [-0.25, -0.2) is 4.39 Å². The van der Waals surface area contributed by atoms with Crippen LogP contribution in [0.15, 0.2) is 24.3 Å². The highest BCUT2D eigenvalue weighted by Crippen LogP contribution is 2.45. The van der Waals surface area contributed by atoms with Crippen molar-refractivity contribution in [3.8, 4) is 5.75 Å². The van der Waals surface area contributed by atoms with Crippen LogP contribution in [0.1, 0.15) is 48.9 Å². The van der Waals surface area contributed by atoms with Crippen molar-refractivity contribution in [3.05, 3.63) is 29.8 Å². The molecule has 0 radical (unpaired) electrons. The summed E-state index contributed by atoms with van der Waals surface area (Å²) in [7, 11) is 0. The Morgan fingerprint density at radius 1 is 1.08 bits per heavy atom. The monoisotopic (exact) mass is 346 g/mol. The van der Waals surface area contributed by atoms with Crippen molar-refractivity contribution < 1.29 is 19.1 Å². The molecule has 4 rings (SSSR count). The number of carbonyl (C=O) groups excluding carboxylic acids is 2. The molecule has 0 atom stereocenters. The fourth-order valence-corrected chi connectivity index (χ4v) is 4.04. The van der Waals surface area contributed by atoms with Crippen molar-refractivity contribution in [2.75, 3.05) is 13.1 Å². The lowest BCUT2D eigenvalue weighted by molar-refractivity contribution is -0.128. The maximum absolute atomic E-state index is 13.7. The fourth-order valence-electron chi connectivity index (χ4n) is 4.04. The predicted octanol–water partition coefficient (Wildman–Crippen LogP) is 2.40. The minimum Gasteiger partial charge on any atom is -0.508 e. The van der Waals surface area contributed by atoms with Gasteiger partial charge in [-0.15, -0.1) is 0 Å². The van der Waals surface area contributed by atoms with Gasteiger partial charge in [0, 0.05) is 30.1 Å². The van der Waals surface area contributed by atoms with E-state index in [-0.39, 0.29) is 23.1 Å². The van der Waals surface area contributed by atoms with Gasteiger partial charge in [0.05, 0.1) is 0 Å². The molecular formula is C19H23FN2O3. The molecule has 3 aliphatic rings. The molecule has 1 aliphatic heterocycles. The number of carbonyl (C=O) groups is 2. The Morgan fingerprint density at radius 3 is 2.24 bits per heavy atom. The number of phenols is 1. The lowest BCUT2D eigenvalue weighted by Crippen LogP contribution is -2.60. The van der Waals surface area contributed by atoms with Gasteiger partial charge in [-0.2, -0.15) is 0 Å². The van der Waals surface area contributed by atoms with Crippen LogP contribution in [0.2, 0.25) is 0 Å². The highest BCUT2D eigenvalue weighted by molar-refractivity contribution is 5.95.